The van der Waals surface area contributed by atoms with Crippen LogP contribution in [0.5, 0.6) is 0 Å². The molecule has 26 heavy (non-hydrogen) atoms. The molecule has 1 heteroatoms. The Hall–Kier alpha value is -3.06. The molecule has 1 aliphatic carbocycles. The average Bonchev–Trinajstić information content (AvgIpc) is 2.93. The van der Waals surface area contributed by atoms with Crippen molar-refractivity contribution in [1.29, 1.82) is 0 Å². The molecule has 3 aromatic rings. The summed E-state index contributed by atoms with van der Waals surface area (Å²) in [5.41, 5.74) is 5.65. The number of fused-ring (bicyclic) bond motifs is 5. The summed E-state index contributed by atoms with van der Waals surface area (Å²) < 4.78 is 2.28. The Kier molecular flexibility index (Phi) is 4.00. The number of hydrogen-bond donors (Lipinski definition) is 0. The molecular weight excluding hydrogens is 314 g/mol. The highest BCUT2D eigenvalue weighted by Crippen LogP contribution is 2.36. The van der Waals surface area contributed by atoms with Crippen LogP contribution >= 0.6 is 0 Å². The van der Waals surface area contributed by atoms with Crippen molar-refractivity contribution in [1.82, 2.24) is 4.57 Å². The second-order valence-electron chi connectivity index (χ2n) is 7.01. The number of benzene rings is 2. The van der Waals surface area contributed by atoms with Gasteiger partial charge in [0.2, 0.25) is 0 Å². The molecule has 1 aliphatic rings. The van der Waals surface area contributed by atoms with Gasteiger partial charge in [-0.15, -0.1) is 0 Å². The van der Waals surface area contributed by atoms with E-state index in [0.29, 0.717) is 5.92 Å². The third-order valence-corrected chi connectivity index (χ3v) is 5.11. The van der Waals surface area contributed by atoms with Crippen molar-refractivity contribution in [3.05, 3.63) is 96.8 Å². The summed E-state index contributed by atoms with van der Waals surface area (Å²) in [7, 11) is 2.13. The van der Waals surface area contributed by atoms with Crippen LogP contribution in [0.2, 0.25) is 0 Å². The first-order valence-corrected chi connectivity index (χ1v) is 8.99. The smallest absolute Gasteiger partial charge is 0.0568 e. The maximum absolute atomic E-state index is 4.38. The molecule has 1 nitrogen and oxygen atoms in total. The highest BCUT2D eigenvalue weighted by Gasteiger charge is 2.17. The molecule has 0 unspecified atom stereocenters. The van der Waals surface area contributed by atoms with Crippen molar-refractivity contribution in [2.75, 3.05) is 0 Å². The van der Waals surface area contributed by atoms with E-state index in [2.05, 4.69) is 105 Å². The van der Waals surface area contributed by atoms with Crippen molar-refractivity contribution >= 4 is 33.3 Å². The Balaban J connectivity index is 2.09. The van der Waals surface area contributed by atoms with Crippen molar-refractivity contribution in [3.8, 4) is 0 Å². The lowest BCUT2D eigenvalue weighted by molar-refractivity contribution is 0.940. The number of hydrogen-bond acceptors (Lipinski definition) is 0. The third-order valence-electron chi connectivity index (χ3n) is 5.11. The zero-order chi connectivity index (χ0) is 18.3. The number of aryl methyl sites for hydroxylation is 1. The van der Waals surface area contributed by atoms with E-state index in [1.54, 1.807) is 0 Å². The van der Waals surface area contributed by atoms with Crippen LogP contribution in [-0.4, -0.2) is 4.57 Å². The lowest BCUT2D eigenvalue weighted by Gasteiger charge is -2.04. The first-order valence-electron chi connectivity index (χ1n) is 8.99. The molecule has 128 valence electrons. The fourth-order valence-electron chi connectivity index (χ4n) is 3.71. The van der Waals surface area contributed by atoms with Gasteiger partial charge in [0.05, 0.1) is 5.52 Å². The molecule has 1 heterocycles. The van der Waals surface area contributed by atoms with Crippen molar-refractivity contribution in [2.24, 2.45) is 13.0 Å². The summed E-state index contributed by atoms with van der Waals surface area (Å²) in [5.74, 6) is 0.342. The van der Waals surface area contributed by atoms with Crippen LogP contribution in [-0.2, 0) is 7.05 Å². The largest absolute Gasteiger partial charge is 0.343 e. The van der Waals surface area contributed by atoms with Crippen LogP contribution < -0.4 is 0 Å². The topological polar surface area (TPSA) is 4.93 Å². The van der Waals surface area contributed by atoms with E-state index >= 15 is 0 Å². The number of rotatable bonds is 0. The van der Waals surface area contributed by atoms with Gasteiger partial charge < -0.3 is 4.57 Å². The van der Waals surface area contributed by atoms with Gasteiger partial charge in [0.1, 0.15) is 0 Å². The summed E-state index contributed by atoms with van der Waals surface area (Å²) in [4.78, 5) is 0. The van der Waals surface area contributed by atoms with Crippen molar-refractivity contribution in [3.63, 3.8) is 0 Å². The van der Waals surface area contributed by atoms with E-state index in [4.69, 9.17) is 0 Å². The van der Waals surface area contributed by atoms with Crippen LogP contribution in [0, 0.1) is 5.92 Å². The Morgan fingerprint density at radius 1 is 0.846 bits per heavy atom. The molecule has 0 amide bonds. The van der Waals surface area contributed by atoms with Gasteiger partial charge in [0.25, 0.3) is 0 Å². The van der Waals surface area contributed by atoms with Crippen molar-refractivity contribution < 1.29 is 0 Å². The predicted octanol–water partition coefficient (Wildman–Crippen LogP) is 6.68. The normalized spacial score (nSPS) is 21.4. The van der Waals surface area contributed by atoms with Crippen LogP contribution in [0.4, 0.5) is 0 Å². The Morgan fingerprint density at radius 3 is 2.46 bits per heavy atom. The van der Waals surface area contributed by atoms with E-state index in [1.807, 2.05) is 0 Å². The van der Waals surface area contributed by atoms with E-state index < -0.39 is 0 Å². The quantitative estimate of drug-likeness (QED) is 0.431. The summed E-state index contributed by atoms with van der Waals surface area (Å²) in [6.07, 6.45) is 12.8. The summed E-state index contributed by atoms with van der Waals surface area (Å²) in [6, 6.07) is 13.0. The van der Waals surface area contributed by atoms with Gasteiger partial charge in [0, 0.05) is 29.1 Å². The van der Waals surface area contributed by atoms with Crippen molar-refractivity contribution in [2.45, 2.75) is 6.92 Å². The van der Waals surface area contributed by atoms with Crippen LogP contribution in [0.1, 0.15) is 18.2 Å². The molecule has 1 aromatic heterocycles. The summed E-state index contributed by atoms with van der Waals surface area (Å²) in [6.45, 7) is 10.7. The van der Waals surface area contributed by atoms with Gasteiger partial charge in [-0.3, -0.25) is 0 Å². The minimum atomic E-state index is 0.342. The lowest BCUT2D eigenvalue weighted by Crippen LogP contribution is -1.93. The molecular formula is C25H23N. The molecule has 1 atom stereocenters. The Bertz CT molecular complexity index is 1130. The highest BCUT2D eigenvalue weighted by atomic mass is 14.9. The second-order valence-corrected chi connectivity index (χ2v) is 7.01. The fourth-order valence-corrected chi connectivity index (χ4v) is 3.71. The molecule has 0 bridgehead atoms. The maximum atomic E-state index is 4.38. The second kappa shape index (κ2) is 6.34. The van der Waals surface area contributed by atoms with Gasteiger partial charge in [0.15, 0.2) is 0 Å². The first kappa shape index (κ1) is 16.4. The molecule has 4 rings (SSSR count). The Morgan fingerprint density at radius 2 is 1.62 bits per heavy atom. The molecule has 0 saturated heterocycles. The molecule has 0 N–H and O–H groups in total. The monoisotopic (exact) mass is 337 g/mol. The molecule has 0 saturated carbocycles. The van der Waals surface area contributed by atoms with Crippen LogP contribution in [0.25, 0.3) is 33.3 Å². The molecule has 0 radical (unpaired) electrons. The summed E-state index contributed by atoms with van der Waals surface area (Å²) in [5, 5.41) is 3.77. The predicted molar refractivity (Wildman–Crippen MR) is 115 cm³/mol. The van der Waals surface area contributed by atoms with Crippen LogP contribution in [0.15, 0.2) is 85.5 Å². The van der Waals surface area contributed by atoms with Gasteiger partial charge >= 0.3 is 0 Å². The minimum Gasteiger partial charge on any atom is -0.343 e. The number of allylic oxidation sites excluding steroid dienone is 7. The molecule has 2 aromatic carbocycles. The van der Waals surface area contributed by atoms with Gasteiger partial charge in [-0.05, 0) is 28.5 Å². The zero-order valence-corrected chi connectivity index (χ0v) is 15.4. The summed E-state index contributed by atoms with van der Waals surface area (Å²) >= 11 is 0. The third kappa shape index (κ3) is 2.66. The van der Waals surface area contributed by atoms with Gasteiger partial charge in [-0.25, -0.2) is 0 Å². The highest BCUT2D eigenvalue weighted by molar-refractivity contribution is 6.11. The minimum absolute atomic E-state index is 0.342. The molecule has 0 spiro atoms. The van der Waals surface area contributed by atoms with Crippen LogP contribution in [0.3, 0.4) is 0 Å². The first-order chi connectivity index (χ1) is 12.6. The lowest BCUT2D eigenvalue weighted by atomic mass is 9.99. The average molecular weight is 337 g/mol. The molecule has 0 aliphatic heterocycles. The van der Waals surface area contributed by atoms with Gasteiger partial charge in [-0.1, -0.05) is 86.9 Å². The standard InChI is InChI=1S/C25H23N/c1-17-9-10-18(2)12-16-23-24(19(3)13-11-17)22-15-14-20-7-5-6-8-21(20)25(22)26(23)4/h5-17H,2-3H2,1,4H3/b10-9-,13-11-,16-12-/t17-/m1/s1. The van der Waals surface area contributed by atoms with E-state index in [0.717, 1.165) is 16.8 Å². The maximum Gasteiger partial charge on any atom is 0.0568 e. The zero-order valence-electron chi connectivity index (χ0n) is 15.4. The molecule has 0 fully saturated rings. The Labute approximate surface area is 155 Å². The van der Waals surface area contributed by atoms with E-state index in [9.17, 15) is 0 Å². The SMILES string of the molecule is C=C1/C=C\c2c(c3ccc4ccccc4c3n2C)C(=C)/C=C\[C@H](C)/C=C\1. The van der Waals surface area contributed by atoms with Gasteiger partial charge in [-0.2, -0.15) is 0 Å². The van der Waals surface area contributed by atoms with E-state index in [-0.39, 0.29) is 0 Å². The number of nitrogens with zero attached hydrogens (tertiary/aromatic N) is 1. The fraction of sp³-hybridized carbons (Fsp3) is 0.120. The van der Waals surface area contributed by atoms with E-state index in [1.165, 1.54) is 27.2 Å². The number of aromatic nitrogens is 1.